The van der Waals surface area contributed by atoms with E-state index in [-0.39, 0.29) is 5.92 Å². The number of rotatable bonds is 4. The monoisotopic (exact) mass is 353 g/mol. The Morgan fingerprint density at radius 1 is 1.26 bits per heavy atom. The Kier molecular flexibility index (Phi) is 4.65. The molecule has 1 aliphatic heterocycles. The lowest BCUT2D eigenvalue weighted by molar-refractivity contribution is 0.316. The van der Waals surface area contributed by atoms with Gasteiger partial charge in [0.05, 0.1) is 13.4 Å². The fraction of sp³-hybridized carbons (Fsp3) is 0.467. The van der Waals surface area contributed by atoms with Crippen LogP contribution in [0.15, 0.2) is 24.3 Å². The van der Waals surface area contributed by atoms with Crippen molar-refractivity contribution in [2.45, 2.75) is 18.8 Å². The topological polar surface area (TPSA) is 72.4 Å². The highest BCUT2D eigenvalue weighted by molar-refractivity contribution is 7.88. The Morgan fingerprint density at radius 3 is 2.65 bits per heavy atom. The van der Waals surface area contributed by atoms with E-state index in [2.05, 4.69) is 10.2 Å². The summed E-state index contributed by atoms with van der Waals surface area (Å²) in [7, 11) is -1.51. The van der Waals surface area contributed by atoms with Crippen molar-refractivity contribution in [2.75, 3.05) is 26.5 Å². The van der Waals surface area contributed by atoms with Crippen molar-refractivity contribution in [3.05, 3.63) is 29.3 Å². The first-order valence-electron chi connectivity index (χ1n) is 7.40. The van der Waals surface area contributed by atoms with E-state index in [4.69, 9.17) is 4.74 Å². The molecule has 1 saturated heterocycles. The number of hydrogen-bond donors (Lipinski definition) is 0. The summed E-state index contributed by atoms with van der Waals surface area (Å²) in [5.74, 6) is 0.928. The fourth-order valence-corrected chi connectivity index (χ4v) is 4.58. The Balaban J connectivity index is 1.78. The van der Waals surface area contributed by atoms with E-state index >= 15 is 0 Å². The lowest BCUT2D eigenvalue weighted by atomic mass is 10.0. The van der Waals surface area contributed by atoms with Gasteiger partial charge in [-0.15, -0.1) is 10.2 Å². The number of nitrogens with zero attached hydrogens (tertiary/aromatic N) is 3. The van der Waals surface area contributed by atoms with Crippen molar-refractivity contribution in [1.82, 2.24) is 14.5 Å². The molecule has 3 rings (SSSR count). The van der Waals surface area contributed by atoms with Gasteiger partial charge >= 0.3 is 0 Å². The predicted molar refractivity (Wildman–Crippen MR) is 90.3 cm³/mol. The largest absolute Gasteiger partial charge is 0.497 e. The molecule has 0 radical (unpaired) electrons. The Morgan fingerprint density at radius 2 is 2.00 bits per heavy atom. The van der Waals surface area contributed by atoms with Gasteiger partial charge in [0.25, 0.3) is 0 Å². The zero-order chi connectivity index (χ0) is 16.4. The maximum atomic E-state index is 11.7. The van der Waals surface area contributed by atoms with Crippen molar-refractivity contribution in [3.63, 3.8) is 0 Å². The van der Waals surface area contributed by atoms with E-state index in [0.717, 1.165) is 34.2 Å². The highest BCUT2D eigenvalue weighted by Gasteiger charge is 2.29. The standard InChI is InChI=1S/C15H19N3O3S2/c1-21-13-7-5-11(6-8-13)14-16-17-15(22-14)12-4-3-9-18(10-12)23(2,19)20/h5-8,12H,3-4,9-10H2,1-2H3. The molecule has 6 nitrogen and oxygen atoms in total. The van der Waals surface area contributed by atoms with Crippen LogP contribution >= 0.6 is 11.3 Å². The molecule has 0 amide bonds. The molecule has 1 fully saturated rings. The first kappa shape index (κ1) is 16.4. The maximum absolute atomic E-state index is 11.7. The van der Waals surface area contributed by atoms with E-state index in [1.807, 2.05) is 24.3 Å². The van der Waals surface area contributed by atoms with Crippen LogP contribution in [-0.4, -0.2) is 49.4 Å². The molecule has 1 atom stereocenters. The van der Waals surface area contributed by atoms with Crippen LogP contribution in [0.2, 0.25) is 0 Å². The van der Waals surface area contributed by atoms with Crippen LogP contribution < -0.4 is 4.74 Å². The Bertz CT molecular complexity index is 772. The highest BCUT2D eigenvalue weighted by Crippen LogP contribution is 2.33. The van der Waals surface area contributed by atoms with Gasteiger partial charge in [0.1, 0.15) is 15.8 Å². The van der Waals surface area contributed by atoms with Gasteiger partial charge in [0, 0.05) is 24.6 Å². The fourth-order valence-electron chi connectivity index (χ4n) is 2.70. The lowest BCUT2D eigenvalue weighted by Crippen LogP contribution is -2.38. The average molecular weight is 353 g/mol. The zero-order valence-corrected chi connectivity index (χ0v) is 14.7. The number of ether oxygens (including phenoxy) is 1. The molecule has 8 heteroatoms. The first-order valence-corrected chi connectivity index (χ1v) is 10.1. The van der Waals surface area contributed by atoms with Crippen molar-refractivity contribution in [1.29, 1.82) is 0 Å². The summed E-state index contributed by atoms with van der Waals surface area (Å²) >= 11 is 1.53. The quantitative estimate of drug-likeness (QED) is 0.844. The molecule has 124 valence electrons. The van der Waals surface area contributed by atoms with Gasteiger partial charge in [-0.25, -0.2) is 12.7 Å². The van der Waals surface area contributed by atoms with Gasteiger partial charge in [0.15, 0.2) is 0 Å². The molecule has 0 aliphatic carbocycles. The third-order valence-electron chi connectivity index (χ3n) is 3.98. The number of hydrogen-bond acceptors (Lipinski definition) is 6. The van der Waals surface area contributed by atoms with Gasteiger partial charge < -0.3 is 4.74 Å². The minimum Gasteiger partial charge on any atom is -0.497 e. The van der Waals surface area contributed by atoms with E-state index in [1.54, 1.807) is 7.11 Å². The normalized spacial score (nSPS) is 19.7. The third kappa shape index (κ3) is 3.70. The molecule has 0 saturated carbocycles. The number of benzene rings is 1. The van der Waals surface area contributed by atoms with Gasteiger partial charge in [-0.2, -0.15) is 0 Å². The minimum absolute atomic E-state index is 0.128. The molecular formula is C15H19N3O3S2. The van der Waals surface area contributed by atoms with Crippen molar-refractivity contribution < 1.29 is 13.2 Å². The molecule has 0 spiro atoms. The molecule has 1 aromatic carbocycles. The summed E-state index contributed by atoms with van der Waals surface area (Å²) in [5.41, 5.74) is 0.991. The molecule has 1 aliphatic rings. The molecule has 2 heterocycles. The summed E-state index contributed by atoms with van der Waals surface area (Å²) in [6.07, 6.45) is 3.07. The Labute approximate surface area is 140 Å². The summed E-state index contributed by atoms with van der Waals surface area (Å²) in [4.78, 5) is 0. The SMILES string of the molecule is COc1ccc(-c2nnc(C3CCCN(S(C)(=O)=O)C3)s2)cc1. The van der Waals surface area contributed by atoms with Crippen LogP contribution in [0.1, 0.15) is 23.8 Å². The van der Waals surface area contributed by atoms with Gasteiger partial charge in [-0.1, -0.05) is 11.3 Å². The third-order valence-corrected chi connectivity index (χ3v) is 6.38. The van der Waals surface area contributed by atoms with E-state index in [0.29, 0.717) is 13.1 Å². The summed E-state index contributed by atoms with van der Waals surface area (Å²) in [6, 6.07) is 7.68. The Hall–Kier alpha value is -1.51. The zero-order valence-electron chi connectivity index (χ0n) is 13.1. The highest BCUT2D eigenvalue weighted by atomic mass is 32.2. The van der Waals surface area contributed by atoms with Crippen LogP contribution in [0.4, 0.5) is 0 Å². The number of piperidine rings is 1. The number of methoxy groups -OCH3 is 1. The molecule has 23 heavy (non-hydrogen) atoms. The molecule has 1 aromatic heterocycles. The van der Waals surface area contributed by atoms with Crippen molar-refractivity contribution >= 4 is 21.4 Å². The second-order valence-corrected chi connectivity index (χ2v) is 8.63. The van der Waals surface area contributed by atoms with Crippen LogP contribution in [0.25, 0.3) is 10.6 Å². The molecule has 1 unspecified atom stereocenters. The van der Waals surface area contributed by atoms with Crippen LogP contribution in [0, 0.1) is 0 Å². The summed E-state index contributed by atoms with van der Waals surface area (Å²) in [5, 5.41) is 10.3. The van der Waals surface area contributed by atoms with Crippen LogP contribution in [0.5, 0.6) is 5.75 Å². The van der Waals surface area contributed by atoms with Gasteiger partial charge in [-0.3, -0.25) is 0 Å². The smallest absolute Gasteiger partial charge is 0.211 e. The first-order chi connectivity index (χ1) is 11.0. The number of aromatic nitrogens is 2. The van der Waals surface area contributed by atoms with Crippen molar-refractivity contribution in [3.8, 4) is 16.3 Å². The minimum atomic E-state index is -3.14. The second-order valence-electron chi connectivity index (χ2n) is 5.63. The predicted octanol–water partition coefficient (Wildman–Crippen LogP) is 2.35. The van der Waals surface area contributed by atoms with E-state index in [1.165, 1.54) is 21.9 Å². The maximum Gasteiger partial charge on any atom is 0.211 e. The van der Waals surface area contributed by atoms with E-state index in [9.17, 15) is 8.42 Å². The van der Waals surface area contributed by atoms with Crippen LogP contribution in [0.3, 0.4) is 0 Å². The van der Waals surface area contributed by atoms with Gasteiger partial charge in [-0.05, 0) is 37.1 Å². The molecular weight excluding hydrogens is 334 g/mol. The lowest BCUT2D eigenvalue weighted by Gasteiger charge is -2.29. The molecule has 2 aromatic rings. The van der Waals surface area contributed by atoms with Crippen LogP contribution in [-0.2, 0) is 10.0 Å². The van der Waals surface area contributed by atoms with Crippen molar-refractivity contribution in [2.24, 2.45) is 0 Å². The average Bonchev–Trinajstić information content (AvgIpc) is 3.04. The molecule has 0 N–H and O–H groups in total. The summed E-state index contributed by atoms with van der Waals surface area (Å²) in [6.45, 7) is 1.09. The van der Waals surface area contributed by atoms with Gasteiger partial charge in [0.2, 0.25) is 10.0 Å². The number of sulfonamides is 1. The summed E-state index contributed by atoms with van der Waals surface area (Å²) < 4.78 is 30.2. The second kappa shape index (κ2) is 6.54. The van der Waals surface area contributed by atoms with E-state index < -0.39 is 10.0 Å². The molecule has 0 bridgehead atoms.